The van der Waals surface area contributed by atoms with E-state index in [0.717, 1.165) is 19.2 Å². The van der Waals surface area contributed by atoms with Gasteiger partial charge in [0.1, 0.15) is 0 Å². The first-order chi connectivity index (χ1) is 9.06. The van der Waals surface area contributed by atoms with Crippen molar-refractivity contribution in [3.05, 3.63) is 54.2 Å². The predicted octanol–water partition coefficient (Wildman–Crippen LogP) is 5.64. The summed E-state index contributed by atoms with van der Waals surface area (Å²) in [6.45, 7) is 0. The van der Waals surface area contributed by atoms with Gasteiger partial charge in [-0.1, -0.05) is 11.6 Å². The molecule has 0 aliphatic carbocycles. The summed E-state index contributed by atoms with van der Waals surface area (Å²) in [6, 6.07) is 7.29. The average Bonchev–Trinajstić information content (AvgIpc) is 2.93. The highest BCUT2D eigenvalue weighted by Crippen LogP contribution is 2.34. The normalized spacial score (nSPS) is 11.1. The van der Waals surface area contributed by atoms with Crippen LogP contribution in [0.3, 0.4) is 0 Å². The molecule has 19 heavy (non-hydrogen) atoms. The molecule has 3 aromatic rings. The first kappa shape index (κ1) is 13.4. The van der Waals surface area contributed by atoms with E-state index >= 15 is 0 Å². The van der Waals surface area contributed by atoms with Crippen LogP contribution < -0.4 is 0 Å². The lowest BCUT2D eigenvalue weighted by molar-refractivity contribution is 0.104. The van der Waals surface area contributed by atoms with Crippen LogP contribution in [0.15, 0.2) is 38.7 Å². The van der Waals surface area contributed by atoms with E-state index in [-0.39, 0.29) is 5.78 Å². The van der Waals surface area contributed by atoms with Crippen LogP contribution in [0.25, 0.3) is 10.9 Å². The largest absolute Gasteiger partial charge is 0.360 e. The van der Waals surface area contributed by atoms with Gasteiger partial charge < -0.3 is 4.98 Å². The Morgan fingerprint density at radius 2 is 2.05 bits per heavy atom. The summed E-state index contributed by atoms with van der Waals surface area (Å²) >= 11 is 14.2. The second-order valence-electron chi connectivity index (χ2n) is 3.95. The lowest BCUT2D eigenvalue weighted by Crippen LogP contribution is -1.96. The van der Waals surface area contributed by atoms with Crippen LogP contribution in [0.4, 0.5) is 0 Å². The van der Waals surface area contributed by atoms with Gasteiger partial charge in [0.2, 0.25) is 5.78 Å². The summed E-state index contributed by atoms with van der Waals surface area (Å²) in [5.41, 5.74) is 1.54. The summed E-state index contributed by atoms with van der Waals surface area (Å²) in [7, 11) is 0. The molecule has 96 valence electrons. The second-order valence-corrected chi connectivity index (χ2v) is 7.61. The fourth-order valence-corrected chi connectivity index (χ4v) is 4.03. The number of H-pyrrole nitrogens is 1. The third-order valence-electron chi connectivity index (χ3n) is 2.76. The molecule has 6 heteroatoms. The SMILES string of the molecule is O=C(c1cc(Br)c(Br)s1)c1c[nH]c2ccc(Cl)cc12. The van der Waals surface area contributed by atoms with Crippen LogP contribution in [0.1, 0.15) is 15.2 Å². The fourth-order valence-electron chi connectivity index (χ4n) is 1.87. The van der Waals surface area contributed by atoms with Gasteiger partial charge in [-0.15, -0.1) is 11.3 Å². The van der Waals surface area contributed by atoms with Crippen LogP contribution in [0.2, 0.25) is 5.02 Å². The number of aromatic amines is 1. The van der Waals surface area contributed by atoms with E-state index in [2.05, 4.69) is 36.8 Å². The Morgan fingerprint density at radius 3 is 2.74 bits per heavy atom. The minimum absolute atomic E-state index is 0.00934. The molecule has 0 unspecified atom stereocenters. The van der Waals surface area contributed by atoms with Crippen molar-refractivity contribution >= 4 is 71.5 Å². The fraction of sp³-hybridized carbons (Fsp3) is 0. The van der Waals surface area contributed by atoms with Gasteiger partial charge in [-0.3, -0.25) is 4.79 Å². The molecule has 0 atom stereocenters. The van der Waals surface area contributed by atoms with E-state index in [9.17, 15) is 4.79 Å². The maximum absolute atomic E-state index is 12.5. The zero-order valence-electron chi connectivity index (χ0n) is 9.34. The number of fused-ring (bicyclic) bond motifs is 1. The molecular formula is C13H6Br2ClNOS. The summed E-state index contributed by atoms with van der Waals surface area (Å²) in [6.07, 6.45) is 1.73. The molecule has 2 heterocycles. The van der Waals surface area contributed by atoms with Crippen LogP contribution in [0, 0.1) is 0 Å². The lowest BCUT2D eigenvalue weighted by Gasteiger charge is -1.96. The first-order valence-corrected chi connectivity index (χ1v) is 8.10. The molecule has 0 fully saturated rings. The van der Waals surface area contributed by atoms with Crippen molar-refractivity contribution in [2.45, 2.75) is 0 Å². The first-order valence-electron chi connectivity index (χ1n) is 5.32. The van der Waals surface area contributed by atoms with Crippen molar-refractivity contribution < 1.29 is 4.79 Å². The summed E-state index contributed by atoms with van der Waals surface area (Å²) in [4.78, 5) is 16.3. The number of carbonyl (C=O) groups excluding carboxylic acids is 1. The minimum atomic E-state index is -0.00934. The summed E-state index contributed by atoms with van der Waals surface area (Å²) in [5, 5.41) is 1.47. The van der Waals surface area contributed by atoms with E-state index in [0.29, 0.717) is 15.5 Å². The Hall–Kier alpha value is -0.620. The third kappa shape index (κ3) is 2.40. The lowest BCUT2D eigenvalue weighted by atomic mass is 10.1. The number of hydrogen-bond acceptors (Lipinski definition) is 2. The van der Waals surface area contributed by atoms with E-state index in [4.69, 9.17) is 11.6 Å². The number of hydrogen-bond donors (Lipinski definition) is 1. The van der Waals surface area contributed by atoms with E-state index in [1.807, 2.05) is 12.1 Å². The van der Waals surface area contributed by atoms with Crippen LogP contribution in [-0.2, 0) is 0 Å². The van der Waals surface area contributed by atoms with E-state index in [1.165, 1.54) is 11.3 Å². The van der Waals surface area contributed by atoms with Gasteiger partial charge in [0.25, 0.3) is 0 Å². The van der Waals surface area contributed by atoms with Gasteiger partial charge >= 0.3 is 0 Å². The maximum Gasteiger partial charge on any atom is 0.205 e. The summed E-state index contributed by atoms with van der Waals surface area (Å²) < 4.78 is 1.80. The molecule has 2 aromatic heterocycles. The molecule has 0 radical (unpaired) electrons. The average molecular weight is 420 g/mol. The molecule has 0 aliphatic rings. The summed E-state index contributed by atoms with van der Waals surface area (Å²) in [5.74, 6) is -0.00934. The van der Waals surface area contributed by atoms with Crippen molar-refractivity contribution in [2.24, 2.45) is 0 Å². The number of ketones is 1. The molecular weight excluding hydrogens is 413 g/mol. The van der Waals surface area contributed by atoms with Crippen LogP contribution in [-0.4, -0.2) is 10.8 Å². The van der Waals surface area contributed by atoms with Crippen molar-refractivity contribution in [1.29, 1.82) is 0 Å². The smallest absolute Gasteiger partial charge is 0.205 e. The highest BCUT2D eigenvalue weighted by atomic mass is 79.9. The van der Waals surface area contributed by atoms with Gasteiger partial charge in [0.15, 0.2) is 0 Å². The van der Waals surface area contributed by atoms with Gasteiger partial charge in [-0.2, -0.15) is 0 Å². The van der Waals surface area contributed by atoms with Crippen LogP contribution in [0.5, 0.6) is 0 Å². The Kier molecular flexibility index (Phi) is 3.55. The van der Waals surface area contributed by atoms with Gasteiger partial charge in [0.05, 0.1) is 8.66 Å². The molecule has 1 N–H and O–H groups in total. The number of halogens is 3. The number of thiophene rings is 1. The van der Waals surface area contributed by atoms with Crippen LogP contribution >= 0.6 is 54.8 Å². The molecule has 3 rings (SSSR count). The standard InChI is InChI=1S/C13H6Br2ClNOS/c14-9-4-11(19-13(9)15)12(18)8-5-17-10-2-1-6(16)3-7(8)10/h1-5,17H. The predicted molar refractivity (Wildman–Crippen MR) is 86.5 cm³/mol. The Morgan fingerprint density at radius 1 is 1.26 bits per heavy atom. The van der Waals surface area contributed by atoms with Crippen molar-refractivity contribution in [3.63, 3.8) is 0 Å². The Labute approximate surface area is 135 Å². The number of rotatable bonds is 2. The number of aromatic nitrogens is 1. The number of benzene rings is 1. The van der Waals surface area contributed by atoms with Crippen molar-refractivity contribution in [1.82, 2.24) is 4.98 Å². The molecule has 0 saturated carbocycles. The number of nitrogens with one attached hydrogen (secondary N) is 1. The Bertz CT molecular complexity index is 774. The molecule has 0 amide bonds. The van der Waals surface area contributed by atoms with Crippen molar-refractivity contribution in [3.8, 4) is 0 Å². The maximum atomic E-state index is 12.5. The molecule has 1 aromatic carbocycles. The molecule has 2 nitrogen and oxygen atoms in total. The topological polar surface area (TPSA) is 32.9 Å². The van der Waals surface area contributed by atoms with Gasteiger partial charge in [-0.05, 0) is 56.1 Å². The molecule has 0 bridgehead atoms. The minimum Gasteiger partial charge on any atom is -0.360 e. The third-order valence-corrected chi connectivity index (χ3v) is 6.25. The van der Waals surface area contributed by atoms with Crippen molar-refractivity contribution in [2.75, 3.05) is 0 Å². The van der Waals surface area contributed by atoms with E-state index < -0.39 is 0 Å². The zero-order chi connectivity index (χ0) is 13.6. The quantitative estimate of drug-likeness (QED) is 0.536. The molecule has 0 aliphatic heterocycles. The second kappa shape index (κ2) is 5.05. The molecule has 0 spiro atoms. The van der Waals surface area contributed by atoms with Gasteiger partial charge in [-0.25, -0.2) is 0 Å². The van der Waals surface area contributed by atoms with E-state index in [1.54, 1.807) is 18.3 Å². The highest BCUT2D eigenvalue weighted by molar-refractivity contribution is 9.13. The zero-order valence-corrected chi connectivity index (χ0v) is 14.1. The number of carbonyl (C=O) groups is 1. The monoisotopic (exact) mass is 417 g/mol. The highest BCUT2D eigenvalue weighted by Gasteiger charge is 2.17. The Balaban J connectivity index is 2.13. The van der Waals surface area contributed by atoms with Gasteiger partial charge in [0, 0.05) is 32.2 Å². The molecule has 0 saturated heterocycles.